The minimum Gasteiger partial charge on any atom is -0.338 e. The van der Waals surface area contributed by atoms with Gasteiger partial charge in [0.1, 0.15) is 0 Å². The van der Waals surface area contributed by atoms with E-state index < -0.39 is 0 Å². The minimum absolute atomic E-state index is 0.176. The first-order valence-electron chi connectivity index (χ1n) is 6.51. The normalized spacial score (nSPS) is 12.8. The van der Waals surface area contributed by atoms with Gasteiger partial charge in [0, 0.05) is 9.37 Å². The second kappa shape index (κ2) is 7.24. The van der Waals surface area contributed by atoms with E-state index in [4.69, 9.17) is 10.3 Å². The van der Waals surface area contributed by atoms with Crippen LogP contribution < -0.4 is 5.73 Å². The highest BCUT2D eigenvalue weighted by Crippen LogP contribution is 2.29. The lowest BCUT2D eigenvalue weighted by Gasteiger charge is -2.08. The van der Waals surface area contributed by atoms with Gasteiger partial charge in [0.25, 0.3) is 0 Å². The monoisotopic (exact) mass is 355 g/mol. The molecular weight excluding hydrogens is 338 g/mol. The van der Waals surface area contributed by atoms with E-state index in [0.717, 1.165) is 15.8 Å². The summed E-state index contributed by atoms with van der Waals surface area (Å²) < 4.78 is 6.31. The summed E-state index contributed by atoms with van der Waals surface area (Å²) in [6.45, 7) is 4.25. The van der Waals surface area contributed by atoms with E-state index in [0.29, 0.717) is 23.4 Å². The van der Waals surface area contributed by atoms with Crippen LogP contribution in [-0.4, -0.2) is 10.1 Å². The minimum atomic E-state index is -0.176. The van der Waals surface area contributed by atoms with Gasteiger partial charge in [-0.1, -0.05) is 31.1 Å². The van der Waals surface area contributed by atoms with Crippen molar-refractivity contribution >= 4 is 27.7 Å². The Balaban J connectivity index is 1.95. The molecule has 2 rings (SSSR count). The molecule has 2 N–H and O–H groups in total. The van der Waals surface area contributed by atoms with Gasteiger partial charge in [0.15, 0.2) is 5.82 Å². The maximum atomic E-state index is 6.03. The second-order valence-electron chi connectivity index (χ2n) is 5.00. The van der Waals surface area contributed by atoms with E-state index in [2.05, 4.69) is 46.0 Å². The summed E-state index contributed by atoms with van der Waals surface area (Å²) in [5.41, 5.74) is 6.03. The van der Waals surface area contributed by atoms with Crippen molar-refractivity contribution in [2.45, 2.75) is 37.0 Å². The zero-order valence-electron chi connectivity index (χ0n) is 11.5. The van der Waals surface area contributed by atoms with E-state index in [-0.39, 0.29) is 6.04 Å². The molecule has 0 saturated carbocycles. The fourth-order valence-corrected chi connectivity index (χ4v) is 3.20. The predicted octanol–water partition coefficient (Wildman–Crippen LogP) is 4.17. The number of hydrogen-bond acceptors (Lipinski definition) is 5. The Morgan fingerprint density at radius 2 is 2.10 bits per heavy atom. The first kappa shape index (κ1) is 15.5. The van der Waals surface area contributed by atoms with E-state index >= 15 is 0 Å². The molecule has 1 aromatic carbocycles. The van der Waals surface area contributed by atoms with Gasteiger partial charge in [-0.25, -0.2) is 0 Å². The second-order valence-corrected chi connectivity index (χ2v) is 6.88. The van der Waals surface area contributed by atoms with Gasteiger partial charge in [0.05, 0.1) is 11.8 Å². The zero-order chi connectivity index (χ0) is 14.5. The average Bonchev–Trinajstić information content (AvgIpc) is 2.86. The van der Waals surface area contributed by atoms with Crippen molar-refractivity contribution in [3.05, 3.63) is 40.5 Å². The first-order valence-corrected chi connectivity index (χ1v) is 8.29. The van der Waals surface area contributed by atoms with Crippen molar-refractivity contribution in [2.24, 2.45) is 11.7 Å². The van der Waals surface area contributed by atoms with Crippen LogP contribution in [0.3, 0.4) is 0 Å². The molecule has 1 heterocycles. The summed E-state index contributed by atoms with van der Waals surface area (Å²) >= 11 is 5.19. The van der Waals surface area contributed by atoms with Gasteiger partial charge in [-0.3, -0.25) is 0 Å². The van der Waals surface area contributed by atoms with Crippen LogP contribution in [0, 0.1) is 5.92 Å². The van der Waals surface area contributed by atoms with Crippen LogP contribution in [0.15, 0.2) is 38.2 Å². The van der Waals surface area contributed by atoms with Gasteiger partial charge >= 0.3 is 0 Å². The number of aromatic nitrogens is 2. The number of nitrogens with zero attached hydrogens (tertiary/aromatic N) is 2. The molecule has 1 aromatic heterocycles. The standard InChI is InChI=1S/C14H18BrN3OS/c1-9(2)7-11(16)14-17-13(18-19-14)8-20-12-6-4-3-5-10(12)15/h3-6,9,11H,7-8,16H2,1-2H3/t11-/m0/s1. The predicted molar refractivity (Wildman–Crippen MR) is 84.4 cm³/mol. The number of nitrogens with two attached hydrogens (primary N) is 1. The number of thioether (sulfide) groups is 1. The molecule has 0 amide bonds. The quantitative estimate of drug-likeness (QED) is 0.787. The van der Waals surface area contributed by atoms with Crippen LogP contribution in [0.4, 0.5) is 0 Å². The van der Waals surface area contributed by atoms with Gasteiger partial charge in [-0.15, -0.1) is 11.8 Å². The van der Waals surface area contributed by atoms with Crippen LogP contribution in [0.1, 0.15) is 38.0 Å². The number of benzene rings is 1. The van der Waals surface area contributed by atoms with Gasteiger partial charge in [-0.05, 0) is 40.4 Å². The third-order valence-electron chi connectivity index (χ3n) is 2.72. The Hall–Kier alpha value is -0.850. The van der Waals surface area contributed by atoms with Crippen LogP contribution in [0.25, 0.3) is 0 Å². The lowest BCUT2D eigenvalue weighted by atomic mass is 10.0. The number of rotatable bonds is 6. The van der Waals surface area contributed by atoms with E-state index in [1.54, 1.807) is 11.8 Å². The molecule has 0 fully saturated rings. The molecule has 0 aliphatic heterocycles. The molecule has 108 valence electrons. The Kier molecular flexibility index (Phi) is 5.63. The maximum absolute atomic E-state index is 6.03. The summed E-state index contributed by atoms with van der Waals surface area (Å²) in [6, 6.07) is 7.89. The van der Waals surface area contributed by atoms with Gasteiger partial charge in [-0.2, -0.15) is 4.98 Å². The van der Waals surface area contributed by atoms with Gasteiger partial charge in [0.2, 0.25) is 5.89 Å². The Labute approximate surface area is 131 Å². The molecule has 4 nitrogen and oxygen atoms in total. The highest BCUT2D eigenvalue weighted by Gasteiger charge is 2.16. The molecule has 1 atom stereocenters. The molecule has 6 heteroatoms. The van der Waals surface area contributed by atoms with Crippen LogP contribution in [0.5, 0.6) is 0 Å². The molecule has 0 radical (unpaired) electrons. The Bertz CT molecular complexity index is 559. The van der Waals surface area contributed by atoms with Crippen molar-refractivity contribution in [1.82, 2.24) is 10.1 Å². The highest BCUT2D eigenvalue weighted by atomic mass is 79.9. The summed E-state index contributed by atoms with van der Waals surface area (Å²) in [7, 11) is 0. The molecular formula is C14H18BrN3OS. The van der Waals surface area contributed by atoms with Crippen LogP contribution >= 0.6 is 27.7 Å². The summed E-state index contributed by atoms with van der Waals surface area (Å²) in [5.74, 6) is 2.39. The fourth-order valence-electron chi connectivity index (χ4n) is 1.79. The maximum Gasteiger partial charge on any atom is 0.243 e. The Morgan fingerprint density at radius 1 is 1.35 bits per heavy atom. The molecule has 2 aromatic rings. The molecule has 20 heavy (non-hydrogen) atoms. The smallest absolute Gasteiger partial charge is 0.243 e. The lowest BCUT2D eigenvalue weighted by Crippen LogP contribution is -2.13. The van der Waals surface area contributed by atoms with Crippen LogP contribution in [-0.2, 0) is 5.75 Å². The number of hydrogen-bond donors (Lipinski definition) is 1. The topological polar surface area (TPSA) is 64.9 Å². The fraction of sp³-hybridized carbons (Fsp3) is 0.429. The van der Waals surface area contributed by atoms with E-state index in [1.165, 1.54) is 0 Å². The molecule has 0 bridgehead atoms. The highest BCUT2D eigenvalue weighted by molar-refractivity contribution is 9.10. The summed E-state index contributed by atoms with van der Waals surface area (Å²) in [6.07, 6.45) is 0.846. The van der Waals surface area contributed by atoms with Crippen molar-refractivity contribution in [3.8, 4) is 0 Å². The number of halogens is 1. The van der Waals surface area contributed by atoms with E-state index in [9.17, 15) is 0 Å². The summed E-state index contributed by atoms with van der Waals surface area (Å²) in [5, 5.41) is 3.99. The SMILES string of the molecule is CC(C)C[C@H](N)c1nc(CSc2ccccc2Br)no1. The van der Waals surface area contributed by atoms with Crippen LogP contribution in [0.2, 0.25) is 0 Å². The molecule has 0 spiro atoms. The van der Waals surface area contributed by atoms with E-state index in [1.807, 2.05) is 18.2 Å². The third-order valence-corrected chi connectivity index (χ3v) is 4.74. The summed E-state index contributed by atoms with van der Waals surface area (Å²) in [4.78, 5) is 5.53. The average molecular weight is 356 g/mol. The third kappa shape index (κ3) is 4.33. The molecule has 0 saturated heterocycles. The molecule has 0 aliphatic carbocycles. The zero-order valence-corrected chi connectivity index (χ0v) is 13.9. The van der Waals surface area contributed by atoms with Crippen molar-refractivity contribution in [1.29, 1.82) is 0 Å². The van der Waals surface area contributed by atoms with Crippen molar-refractivity contribution in [2.75, 3.05) is 0 Å². The molecule has 0 unspecified atom stereocenters. The van der Waals surface area contributed by atoms with Crippen molar-refractivity contribution < 1.29 is 4.52 Å². The Morgan fingerprint density at radius 3 is 2.80 bits per heavy atom. The largest absolute Gasteiger partial charge is 0.338 e. The lowest BCUT2D eigenvalue weighted by molar-refractivity contribution is 0.333. The molecule has 0 aliphatic rings. The first-order chi connectivity index (χ1) is 9.56. The van der Waals surface area contributed by atoms with Crippen molar-refractivity contribution in [3.63, 3.8) is 0 Å². The van der Waals surface area contributed by atoms with Gasteiger partial charge < -0.3 is 10.3 Å².